The van der Waals surface area contributed by atoms with Crippen molar-refractivity contribution in [3.63, 3.8) is 0 Å². The maximum Gasteiger partial charge on any atom is 0.0774 e. The van der Waals surface area contributed by atoms with Crippen LogP contribution in [0.5, 0.6) is 0 Å². The molecule has 1 fully saturated rings. The Kier molecular flexibility index (Phi) is 3.79. The molecule has 1 heterocycles. The maximum atomic E-state index is 10.4. The second kappa shape index (κ2) is 5.14. The predicted molar refractivity (Wildman–Crippen MR) is 65.3 cm³/mol. The molecule has 2 atom stereocenters. The van der Waals surface area contributed by atoms with Crippen LogP contribution in [0.15, 0.2) is 6.20 Å². The molecule has 1 aromatic rings. The van der Waals surface area contributed by atoms with Crippen LogP contribution in [0.25, 0.3) is 0 Å². The molecule has 0 spiro atoms. The monoisotopic (exact) mass is 238 g/mol. The molecule has 5 nitrogen and oxygen atoms in total. The highest BCUT2D eigenvalue weighted by Gasteiger charge is 2.31. The topological polar surface area (TPSA) is 63.0 Å². The van der Waals surface area contributed by atoms with Gasteiger partial charge < -0.3 is 10.4 Å². The van der Waals surface area contributed by atoms with Crippen LogP contribution in [0.1, 0.15) is 38.3 Å². The highest BCUT2D eigenvalue weighted by molar-refractivity contribution is 4.94. The number of aromatic nitrogens is 3. The summed E-state index contributed by atoms with van der Waals surface area (Å²) in [6.07, 6.45) is 5.94. The molecule has 1 aliphatic rings. The molecule has 0 aromatic carbocycles. The van der Waals surface area contributed by atoms with Crippen molar-refractivity contribution in [2.45, 2.75) is 44.8 Å². The number of aliphatic hydroxyl groups is 1. The first kappa shape index (κ1) is 12.5. The third kappa shape index (κ3) is 3.26. The van der Waals surface area contributed by atoms with E-state index < -0.39 is 5.60 Å². The molecule has 0 bridgehead atoms. The van der Waals surface area contributed by atoms with Gasteiger partial charge in [-0.3, -0.25) is 4.68 Å². The van der Waals surface area contributed by atoms with Crippen LogP contribution < -0.4 is 5.32 Å². The summed E-state index contributed by atoms with van der Waals surface area (Å²) in [5, 5.41) is 21.5. The fraction of sp³-hybridized carbons (Fsp3) is 0.833. The van der Waals surface area contributed by atoms with Crippen molar-refractivity contribution in [3.8, 4) is 0 Å². The lowest BCUT2D eigenvalue weighted by Gasteiger charge is -2.35. The summed E-state index contributed by atoms with van der Waals surface area (Å²) in [5.74, 6) is 0.633. The Morgan fingerprint density at radius 2 is 2.47 bits per heavy atom. The Balaban J connectivity index is 1.79. The van der Waals surface area contributed by atoms with Crippen molar-refractivity contribution >= 4 is 0 Å². The molecule has 96 valence electrons. The highest BCUT2D eigenvalue weighted by atomic mass is 16.3. The van der Waals surface area contributed by atoms with Crippen LogP contribution >= 0.6 is 0 Å². The summed E-state index contributed by atoms with van der Waals surface area (Å²) >= 11 is 0. The molecule has 2 unspecified atom stereocenters. The van der Waals surface area contributed by atoms with Crippen molar-refractivity contribution < 1.29 is 5.11 Å². The molecule has 1 aliphatic carbocycles. The minimum atomic E-state index is -0.524. The lowest BCUT2D eigenvalue weighted by atomic mass is 9.79. The zero-order valence-corrected chi connectivity index (χ0v) is 10.7. The second-order valence-corrected chi connectivity index (χ2v) is 5.38. The van der Waals surface area contributed by atoms with E-state index in [1.807, 2.05) is 7.05 Å². The summed E-state index contributed by atoms with van der Waals surface area (Å²) in [4.78, 5) is 0. The van der Waals surface area contributed by atoms with Gasteiger partial charge >= 0.3 is 0 Å². The number of aryl methyl sites for hydroxylation is 1. The molecule has 0 amide bonds. The Morgan fingerprint density at radius 3 is 3.12 bits per heavy atom. The highest BCUT2D eigenvalue weighted by Crippen LogP contribution is 2.31. The fourth-order valence-corrected chi connectivity index (χ4v) is 2.69. The molecule has 1 saturated carbocycles. The number of nitrogens with zero attached hydrogens (tertiary/aromatic N) is 3. The maximum absolute atomic E-state index is 10.4. The van der Waals surface area contributed by atoms with Gasteiger partial charge in [-0.15, -0.1) is 5.10 Å². The lowest BCUT2D eigenvalue weighted by Crippen LogP contribution is -2.43. The quantitative estimate of drug-likeness (QED) is 0.816. The fourth-order valence-electron chi connectivity index (χ4n) is 2.69. The zero-order chi connectivity index (χ0) is 12.3. The molecular weight excluding hydrogens is 216 g/mol. The van der Waals surface area contributed by atoms with Crippen LogP contribution in [0.4, 0.5) is 0 Å². The third-order valence-corrected chi connectivity index (χ3v) is 3.64. The normalized spacial score (nSPS) is 29.5. The third-order valence-electron chi connectivity index (χ3n) is 3.64. The van der Waals surface area contributed by atoms with Gasteiger partial charge in [0.25, 0.3) is 0 Å². The van der Waals surface area contributed by atoms with E-state index in [0.29, 0.717) is 19.0 Å². The number of rotatable bonds is 4. The van der Waals surface area contributed by atoms with Gasteiger partial charge in [0.1, 0.15) is 0 Å². The van der Waals surface area contributed by atoms with Gasteiger partial charge in [-0.2, -0.15) is 0 Å². The summed E-state index contributed by atoms with van der Waals surface area (Å²) in [7, 11) is 1.88. The summed E-state index contributed by atoms with van der Waals surface area (Å²) < 4.78 is 1.75. The van der Waals surface area contributed by atoms with Crippen LogP contribution in [-0.4, -0.2) is 32.2 Å². The Labute approximate surface area is 102 Å². The van der Waals surface area contributed by atoms with E-state index in [-0.39, 0.29) is 0 Å². The van der Waals surface area contributed by atoms with E-state index in [9.17, 15) is 5.11 Å². The Hall–Kier alpha value is -0.940. The number of hydrogen-bond acceptors (Lipinski definition) is 4. The van der Waals surface area contributed by atoms with Gasteiger partial charge in [0.15, 0.2) is 0 Å². The smallest absolute Gasteiger partial charge is 0.0774 e. The van der Waals surface area contributed by atoms with Crippen LogP contribution in [0, 0.1) is 5.92 Å². The molecule has 0 radical (unpaired) electrons. The number of nitrogens with one attached hydrogen (secondary N) is 1. The SMILES string of the molecule is CC1CCCC(O)(CNCc2cnnn2C)C1. The van der Waals surface area contributed by atoms with Crippen molar-refractivity contribution in [1.82, 2.24) is 20.3 Å². The van der Waals surface area contributed by atoms with Gasteiger partial charge in [0, 0.05) is 20.1 Å². The first-order valence-electron chi connectivity index (χ1n) is 6.36. The Bertz CT molecular complexity index is 365. The largest absolute Gasteiger partial charge is 0.389 e. The number of hydrogen-bond donors (Lipinski definition) is 2. The molecule has 0 aliphatic heterocycles. The molecule has 17 heavy (non-hydrogen) atoms. The molecular formula is C12H22N4O. The minimum absolute atomic E-state index is 0.524. The molecule has 1 aromatic heterocycles. The van der Waals surface area contributed by atoms with Crippen LogP contribution in [0.3, 0.4) is 0 Å². The van der Waals surface area contributed by atoms with Gasteiger partial charge in [-0.1, -0.05) is 25.0 Å². The first-order chi connectivity index (χ1) is 8.09. The van der Waals surface area contributed by atoms with Crippen molar-refractivity contribution in [3.05, 3.63) is 11.9 Å². The van der Waals surface area contributed by atoms with E-state index in [1.54, 1.807) is 10.9 Å². The molecule has 5 heteroatoms. The van der Waals surface area contributed by atoms with Gasteiger partial charge in [-0.25, -0.2) is 0 Å². The minimum Gasteiger partial charge on any atom is -0.389 e. The summed E-state index contributed by atoms with van der Waals surface area (Å²) in [5.41, 5.74) is 0.515. The van der Waals surface area contributed by atoms with Gasteiger partial charge in [-0.05, 0) is 18.8 Å². The van der Waals surface area contributed by atoms with Crippen molar-refractivity contribution in [2.75, 3.05) is 6.54 Å². The van der Waals surface area contributed by atoms with E-state index in [4.69, 9.17) is 0 Å². The van der Waals surface area contributed by atoms with E-state index in [1.165, 1.54) is 6.42 Å². The molecule has 0 saturated heterocycles. The average molecular weight is 238 g/mol. The predicted octanol–water partition coefficient (Wildman–Crippen LogP) is 0.846. The van der Waals surface area contributed by atoms with E-state index >= 15 is 0 Å². The van der Waals surface area contributed by atoms with E-state index in [2.05, 4.69) is 22.6 Å². The van der Waals surface area contributed by atoms with Crippen LogP contribution in [0.2, 0.25) is 0 Å². The molecule has 2 N–H and O–H groups in total. The van der Waals surface area contributed by atoms with E-state index in [0.717, 1.165) is 25.0 Å². The average Bonchev–Trinajstić information content (AvgIpc) is 2.64. The zero-order valence-electron chi connectivity index (χ0n) is 10.7. The summed E-state index contributed by atoms with van der Waals surface area (Å²) in [6.45, 7) is 3.58. The van der Waals surface area contributed by atoms with Crippen molar-refractivity contribution in [1.29, 1.82) is 0 Å². The standard InChI is InChI=1S/C12H22N4O/c1-10-4-3-5-12(17,6-10)9-13-7-11-8-14-15-16(11)2/h8,10,13,17H,3-7,9H2,1-2H3. The first-order valence-corrected chi connectivity index (χ1v) is 6.36. The summed E-state index contributed by atoms with van der Waals surface area (Å²) in [6, 6.07) is 0. The van der Waals surface area contributed by atoms with Crippen LogP contribution in [-0.2, 0) is 13.6 Å². The molecule has 2 rings (SSSR count). The van der Waals surface area contributed by atoms with Crippen molar-refractivity contribution in [2.24, 2.45) is 13.0 Å². The Morgan fingerprint density at radius 1 is 1.65 bits per heavy atom. The van der Waals surface area contributed by atoms with Gasteiger partial charge in [0.05, 0.1) is 17.5 Å². The second-order valence-electron chi connectivity index (χ2n) is 5.38. The lowest BCUT2D eigenvalue weighted by molar-refractivity contribution is -0.0120. The van der Waals surface area contributed by atoms with Gasteiger partial charge in [0.2, 0.25) is 0 Å².